The summed E-state index contributed by atoms with van der Waals surface area (Å²) in [6.07, 6.45) is 0. The Kier molecular flexibility index (Phi) is 5.79. The summed E-state index contributed by atoms with van der Waals surface area (Å²) in [7, 11) is -3.36. The molecule has 5 nitrogen and oxygen atoms in total. The first kappa shape index (κ1) is 17.5. The Labute approximate surface area is 144 Å². The summed E-state index contributed by atoms with van der Waals surface area (Å²) >= 11 is 3.28. The van der Waals surface area contributed by atoms with Gasteiger partial charge in [-0.3, -0.25) is 4.99 Å². The molecule has 0 spiro atoms. The summed E-state index contributed by atoms with van der Waals surface area (Å²) in [5.74, 6) is 0.104. The molecule has 0 aliphatic heterocycles. The number of nitrogens with two attached hydrogens (primary N) is 1. The van der Waals surface area contributed by atoms with Crippen LogP contribution in [0.4, 0.5) is 5.69 Å². The number of aryl methyl sites for hydroxylation is 1. The number of guanidine groups is 1. The minimum absolute atomic E-state index is 0.0924. The van der Waals surface area contributed by atoms with Crippen LogP contribution in [-0.2, 0) is 9.84 Å². The maximum Gasteiger partial charge on any atom is 0.193 e. The van der Waals surface area contributed by atoms with Crippen molar-refractivity contribution in [3.63, 3.8) is 0 Å². The monoisotopic (exact) mass is 395 g/mol. The standard InChI is InChI=1S/C16H18BrN3O2S/c1-12-3-2-4-14(11-12)20-16(18)19-9-10-23(21,22)15-7-5-13(17)6-8-15/h2-8,11H,9-10H2,1H3,(H3,18,19,20). The number of nitrogens with zero attached hydrogens (tertiary/aromatic N) is 1. The molecule has 0 bridgehead atoms. The van der Waals surface area contributed by atoms with Gasteiger partial charge in [0.15, 0.2) is 15.8 Å². The Balaban J connectivity index is 1.96. The van der Waals surface area contributed by atoms with Gasteiger partial charge < -0.3 is 11.1 Å². The molecule has 0 saturated carbocycles. The molecular weight excluding hydrogens is 378 g/mol. The second-order valence-electron chi connectivity index (χ2n) is 5.03. The summed E-state index contributed by atoms with van der Waals surface area (Å²) in [5.41, 5.74) is 7.70. The van der Waals surface area contributed by atoms with Crippen molar-refractivity contribution in [2.75, 3.05) is 17.6 Å². The van der Waals surface area contributed by atoms with Crippen LogP contribution < -0.4 is 11.1 Å². The highest BCUT2D eigenvalue weighted by Gasteiger charge is 2.13. The third-order valence-corrected chi connectivity index (χ3v) is 5.34. The molecule has 7 heteroatoms. The van der Waals surface area contributed by atoms with E-state index in [4.69, 9.17) is 5.73 Å². The van der Waals surface area contributed by atoms with Gasteiger partial charge in [0.05, 0.1) is 17.2 Å². The topological polar surface area (TPSA) is 84.5 Å². The molecule has 0 unspecified atom stereocenters. The van der Waals surface area contributed by atoms with Crippen molar-refractivity contribution in [3.05, 3.63) is 58.6 Å². The first-order chi connectivity index (χ1) is 10.9. The van der Waals surface area contributed by atoms with Gasteiger partial charge in [-0.2, -0.15) is 0 Å². The van der Waals surface area contributed by atoms with Gasteiger partial charge in [-0.1, -0.05) is 28.1 Å². The summed E-state index contributed by atoms with van der Waals surface area (Å²) in [6.45, 7) is 2.08. The quantitative estimate of drug-likeness (QED) is 0.601. The number of hydrogen-bond donors (Lipinski definition) is 2. The van der Waals surface area contributed by atoms with Crippen molar-refractivity contribution in [3.8, 4) is 0 Å². The number of rotatable bonds is 5. The van der Waals surface area contributed by atoms with Gasteiger partial charge in [-0.05, 0) is 48.9 Å². The molecule has 2 rings (SSSR count). The van der Waals surface area contributed by atoms with Crippen LogP contribution in [0.25, 0.3) is 0 Å². The molecule has 0 fully saturated rings. The van der Waals surface area contributed by atoms with Gasteiger partial charge in [0.25, 0.3) is 0 Å². The molecule has 0 aliphatic carbocycles. The molecule has 23 heavy (non-hydrogen) atoms. The molecule has 0 amide bonds. The van der Waals surface area contributed by atoms with Crippen molar-refractivity contribution in [2.45, 2.75) is 11.8 Å². The van der Waals surface area contributed by atoms with E-state index in [0.717, 1.165) is 15.7 Å². The van der Waals surface area contributed by atoms with Gasteiger partial charge in [-0.25, -0.2) is 8.42 Å². The second kappa shape index (κ2) is 7.61. The fourth-order valence-electron chi connectivity index (χ4n) is 1.96. The van der Waals surface area contributed by atoms with E-state index >= 15 is 0 Å². The van der Waals surface area contributed by atoms with Crippen molar-refractivity contribution in [1.82, 2.24) is 0 Å². The van der Waals surface area contributed by atoms with Crippen molar-refractivity contribution < 1.29 is 8.42 Å². The largest absolute Gasteiger partial charge is 0.370 e. The highest BCUT2D eigenvalue weighted by Crippen LogP contribution is 2.16. The summed E-state index contributed by atoms with van der Waals surface area (Å²) in [4.78, 5) is 4.35. The molecule has 3 N–H and O–H groups in total. The molecular formula is C16H18BrN3O2S. The third-order valence-electron chi connectivity index (χ3n) is 3.11. The Morgan fingerprint density at radius 3 is 2.57 bits per heavy atom. The number of aliphatic imine (C=N–C) groups is 1. The minimum Gasteiger partial charge on any atom is -0.370 e. The van der Waals surface area contributed by atoms with Gasteiger partial charge in [0, 0.05) is 10.2 Å². The molecule has 0 aromatic heterocycles. The zero-order chi connectivity index (χ0) is 16.9. The highest BCUT2D eigenvalue weighted by molar-refractivity contribution is 9.10. The van der Waals surface area contributed by atoms with E-state index in [2.05, 4.69) is 26.2 Å². The fourth-order valence-corrected chi connectivity index (χ4v) is 3.34. The average Bonchev–Trinajstić information content (AvgIpc) is 2.47. The van der Waals surface area contributed by atoms with E-state index in [1.165, 1.54) is 0 Å². The minimum atomic E-state index is -3.36. The van der Waals surface area contributed by atoms with E-state index in [9.17, 15) is 8.42 Å². The van der Waals surface area contributed by atoms with Gasteiger partial charge in [-0.15, -0.1) is 0 Å². The molecule has 0 heterocycles. The van der Waals surface area contributed by atoms with Crippen LogP contribution in [-0.4, -0.2) is 26.7 Å². The van der Waals surface area contributed by atoms with Crippen molar-refractivity contribution in [2.24, 2.45) is 10.7 Å². The van der Waals surface area contributed by atoms with E-state index in [0.29, 0.717) is 0 Å². The van der Waals surface area contributed by atoms with Crippen LogP contribution in [0.1, 0.15) is 5.56 Å². The number of nitrogens with one attached hydrogen (secondary N) is 1. The molecule has 122 valence electrons. The molecule has 2 aromatic rings. The number of benzene rings is 2. The van der Waals surface area contributed by atoms with Crippen LogP contribution in [0.2, 0.25) is 0 Å². The second-order valence-corrected chi connectivity index (χ2v) is 8.06. The van der Waals surface area contributed by atoms with Crippen LogP contribution >= 0.6 is 15.9 Å². The molecule has 0 atom stereocenters. The predicted molar refractivity (Wildman–Crippen MR) is 97.5 cm³/mol. The zero-order valence-electron chi connectivity index (χ0n) is 12.7. The van der Waals surface area contributed by atoms with Crippen LogP contribution in [0, 0.1) is 6.92 Å². The zero-order valence-corrected chi connectivity index (χ0v) is 15.1. The molecule has 0 saturated heterocycles. The Hall–Kier alpha value is -1.86. The maximum atomic E-state index is 12.2. The number of anilines is 1. The van der Waals surface area contributed by atoms with Gasteiger partial charge in [0.1, 0.15) is 0 Å². The molecule has 0 radical (unpaired) electrons. The molecule has 2 aromatic carbocycles. The summed E-state index contributed by atoms with van der Waals surface area (Å²) < 4.78 is 25.2. The van der Waals surface area contributed by atoms with Crippen LogP contribution in [0.15, 0.2) is 62.9 Å². The summed E-state index contributed by atoms with van der Waals surface area (Å²) in [6, 6.07) is 14.2. The fraction of sp³-hybridized carbons (Fsp3) is 0.188. The lowest BCUT2D eigenvalue weighted by Crippen LogP contribution is -2.24. The van der Waals surface area contributed by atoms with E-state index in [1.807, 2.05) is 31.2 Å². The van der Waals surface area contributed by atoms with Crippen molar-refractivity contribution >= 4 is 37.4 Å². The lowest BCUT2D eigenvalue weighted by molar-refractivity contribution is 0.596. The Bertz CT molecular complexity index is 802. The first-order valence-electron chi connectivity index (χ1n) is 6.99. The van der Waals surface area contributed by atoms with Gasteiger partial charge in [0.2, 0.25) is 0 Å². The number of hydrogen-bond acceptors (Lipinski definition) is 3. The van der Waals surface area contributed by atoms with Crippen LogP contribution in [0.3, 0.4) is 0 Å². The Morgan fingerprint density at radius 1 is 1.22 bits per heavy atom. The highest BCUT2D eigenvalue weighted by atomic mass is 79.9. The van der Waals surface area contributed by atoms with E-state index in [-0.39, 0.29) is 23.2 Å². The van der Waals surface area contributed by atoms with Crippen molar-refractivity contribution in [1.29, 1.82) is 0 Å². The predicted octanol–water partition coefficient (Wildman–Crippen LogP) is 2.96. The summed E-state index contributed by atoms with van der Waals surface area (Å²) in [5, 5.41) is 2.94. The third kappa shape index (κ3) is 5.37. The van der Waals surface area contributed by atoms with E-state index < -0.39 is 9.84 Å². The lowest BCUT2D eigenvalue weighted by Gasteiger charge is -2.07. The van der Waals surface area contributed by atoms with Crippen LogP contribution in [0.5, 0.6) is 0 Å². The number of sulfone groups is 1. The lowest BCUT2D eigenvalue weighted by atomic mass is 10.2. The molecule has 0 aliphatic rings. The van der Waals surface area contributed by atoms with E-state index in [1.54, 1.807) is 24.3 Å². The smallest absolute Gasteiger partial charge is 0.193 e. The average molecular weight is 396 g/mol. The number of halogens is 1. The van der Waals surface area contributed by atoms with Gasteiger partial charge >= 0.3 is 0 Å². The maximum absolute atomic E-state index is 12.2. The normalized spacial score (nSPS) is 12.2. The first-order valence-corrected chi connectivity index (χ1v) is 9.43. The Morgan fingerprint density at radius 2 is 1.91 bits per heavy atom. The SMILES string of the molecule is Cc1cccc(NC(N)=NCCS(=O)(=O)c2ccc(Br)cc2)c1.